The standard InChI is InChI=1S/C15H27N3O2S/c1-5-16-12-14-7-6-8-15(11-14)21(19,20)17-13(2)9-10-18(3)4/h6-8,11,13,16-17H,5,9-10,12H2,1-4H3. The highest BCUT2D eigenvalue weighted by Crippen LogP contribution is 2.12. The molecule has 5 nitrogen and oxygen atoms in total. The molecule has 1 aromatic carbocycles. The summed E-state index contributed by atoms with van der Waals surface area (Å²) in [6.07, 6.45) is 0.781. The molecule has 120 valence electrons. The summed E-state index contributed by atoms with van der Waals surface area (Å²) in [6.45, 7) is 6.30. The van der Waals surface area contributed by atoms with Gasteiger partial charge in [-0.3, -0.25) is 0 Å². The van der Waals surface area contributed by atoms with Crippen LogP contribution in [0.4, 0.5) is 0 Å². The predicted molar refractivity (Wildman–Crippen MR) is 86.8 cm³/mol. The minimum Gasteiger partial charge on any atom is -0.313 e. The molecule has 0 fully saturated rings. The SMILES string of the molecule is CCNCc1cccc(S(=O)(=O)NC(C)CCN(C)C)c1. The quantitative estimate of drug-likeness (QED) is 0.724. The van der Waals surface area contributed by atoms with Crippen molar-refractivity contribution in [3.05, 3.63) is 29.8 Å². The van der Waals surface area contributed by atoms with Gasteiger partial charge in [0.15, 0.2) is 0 Å². The Bertz CT molecular complexity index is 529. The molecule has 0 aliphatic carbocycles. The summed E-state index contributed by atoms with van der Waals surface area (Å²) in [5.74, 6) is 0. The molecule has 0 aliphatic heterocycles. The van der Waals surface area contributed by atoms with Crippen LogP contribution in [0.3, 0.4) is 0 Å². The normalized spacial score (nSPS) is 13.6. The molecule has 0 spiro atoms. The summed E-state index contributed by atoms with van der Waals surface area (Å²) in [4.78, 5) is 2.37. The summed E-state index contributed by atoms with van der Waals surface area (Å²) < 4.78 is 27.5. The summed E-state index contributed by atoms with van der Waals surface area (Å²) in [7, 11) is 0.504. The zero-order valence-corrected chi connectivity index (χ0v) is 14.2. The largest absolute Gasteiger partial charge is 0.313 e. The molecule has 21 heavy (non-hydrogen) atoms. The molecule has 1 atom stereocenters. The smallest absolute Gasteiger partial charge is 0.240 e. The Labute approximate surface area is 128 Å². The van der Waals surface area contributed by atoms with Gasteiger partial charge in [-0.05, 0) is 58.2 Å². The number of hydrogen-bond donors (Lipinski definition) is 2. The van der Waals surface area contributed by atoms with Gasteiger partial charge in [0.25, 0.3) is 0 Å². The third-order valence-corrected chi connectivity index (χ3v) is 4.74. The number of hydrogen-bond acceptors (Lipinski definition) is 4. The lowest BCUT2D eigenvalue weighted by atomic mass is 10.2. The third-order valence-electron chi connectivity index (χ3n) is 3.15. The van der Waals surface area contributed by atoms with Crippen LogP contribution in [-0.2, 0) is 16.6 Å². The van der Waals surface area contributed by atoms with E-state index >= 15 is 0 Å². The molecule has 1 rings (SSSR count). The second-order valence-corrected chi connectivity index (χ2v) is 7.26. The van der Waals surface area contributed by atoms with Gasteiger partial charge in [-0.25, -0.2) is 13.1 Å². The lowest BCUT2D eigenvalue weighted by Crippen LogP contribution is -2.34. The Morgan fingerprint density at radius 1 is 1.29 bits per heavy atom. The number of nitrogens with one attached hydrogen (secondary N) is 2. The van der Waals surface area contributed by atoms with Crippen molar-refractivity contribution in [2.75, 3.05) is 27.2 Å². The Balaban J connectivity index is 2.73. The van der Waals surface area contributed by atoms with Gasteiger partial charge in [-0.1, -0.05) is 19.1 Å². The Morgan fingerprint density at radius 3 is 2.62 bits per heavy atom. The van der Waals surface area contributed by atoms with E-state index in [1.54, 1.807) is 18.2 Å². The van der Waals surface area contributed by atoms with Crippen molar-refractivity contribution in [2.24, 2.45) is 0 Å². The van der Waals surface area contributed by atoms with Crippen molar-refractivity contribution in [2.45, 2.75) is 37.8 Å². The molecule has 0 heterocycles. The third kappa shape index (κ3) is 6.56. The van der Waals surface area contributed by atoms with Gasteiger partial charge in [-0.2, -0.15) is 0 Å². The molecule has 0 aliphatic rings. The van der Waals surface area contributed by atoms with E-state index in [2.05, 4.69) is 10.0 Å². The minimum atomic E-state index is -3.45. The topological polar surface area (TPSA) is 61.4 Å². The van der Waals surface area contributed by atoms with Crippen molar-refractivity contribution in [3.63, 3.8) is 0 Å². The van der Waals surface area contributed by atoms with E-state index < -0.39 is 10.0 Å². The van der Waals surface area contributed by atoms with Crippen LogP contribution in [0.15, 0.2) is 29.2 Å². The molecule has 1 aromatic rings. The second-order valence-electron chi connectivity index (χ2n) is 5.54. The van der Waals surface area contributed by atoms with Crippen LogP contribution >= 0.6 is 0 Å². The van der Waals surface area contributed by atoms with E-state index in [0.29, 0.717) is 11.4 Å². The van der Waals surface area contributed by atoms with Crippen LogP contribution in [0, 0.1) is 0 Å². The second kappa shape index (κ2) is 8.48. The fourth-order valence-electron chi connectivity index (χ4n) is 1.94. The highest BCUT2D eigenvalue weighted by Gasteiger charge is 2.17. The first-order valence-corrected chi connectivity index (χ1v) is 8.80. The average molecular weight is 313 g/mol. The minimum absolute atomic E-state index is 0.0881. The molecule has 1 unspecified atom stereocenters. The summed E-state index contributed by atoms with van der Waals surface area (Å²) in [5.41, 5.74) is 0.973. The van der Waals surface area contributed by atoms with E-state index in [1.807, 2.05) is 38.9 Å². The maximum absolute atomic E-state index is 12.4. The highest BCUT2D eigenvalue weighted by molar-refractivity contribution is 7.89. The number of rotatable bonds is 9. The molecule has 0 saturated carbocycles. The van der Waals surface area contributed by atoms with Gasteiger partial charge in [0.05, 0.1) is 4.90 Å². The van der Waals surface area contributed by atoms with Crippen molar-refractivity contribution >= 4 is 10.0 Å². The van der Waals surface area contributed by atoms with Gasteiger partial charge in [-0.15, -0.1) is 0 Å². The van der Waals surface area contributed by atoms with Crippen LogP contribution in [-0.4, -0.2) is 46.5 Å². The van der Waals surface area contributed by atoms with Crippen LogP contribution in [0.5, 0.6) is 0 Å². The summed E-state index contributed by atoms with van der Waals surface area (Å²) in [6, 6.07) is 6.98. The Morgan fingerprint density at radius 2 is 2.00 bits per heavy atom. The first-order valence-electron chi connectivity index (χ1n) is 7.32. The van der Waals surface area contributed by atoms with E-state index in [1.165, 1.54) is 0 Å². The van der Waals surface area contributed by atoms with Gasteiger partial charge in [0.2, 0.25) is 10.0 Å². The predicted octanol–water partition coefficient (Wildman–Crippen LogP) is 1.41. The Kier molecular flexibility index (Phi) is 7.31. The van der Waals surface area contributed by atoms with Crippen LogP contribution in [0.2, 0.25) is 0 Å². The van der Waals surface area contributed by atoms with Crippen molar-refractivity contribution < 1.29 is 8.42 Å². The van der Waals surface area contributed by atoms with Gasteiger partial charge >= 0.3 is 0 Å². The van der Waals surface area contributed by atoms with E-state index in [-0.39, 0.29) is 6.04 Å². The lowest BCUT2D eigenvalue weighted by molar-refractivity contribution is 0.379. The van der Waals surface area contributed by atoms with Crippen LogP contribution < -0.4 is 10.0 Å². The van der Waals surface area contributed by atoms with Crippen molar-refractivity contribution in [1.82, 2.24) is 14.9 Å². The van der Waals surface area contributed by atoms with Crippen LogP contribution in [0.1, 0.15) is 25.8 Å². The molecule has 0 saturated heterocycles. The molecule has 0 amide bonds. The fraction of sp³-hybridized carbons (Fsp3) is 0.600. The highest BCUT2D eigenvalue weighted by atomic mass is 32.2. The van der Waals surface area contributed by atoms with Crippen molar-refractivity contribution in [3.8, 4) is 0 Å². The molecular formula is C15H27N3O2S. The molecule has 0 bridgehead atoms. The monoisotopic (exact) mass is 313 g/mol. The number of sulfonamides is 1. The first-order chi connectivity index (χ1) is 9.85. The van der Waals surface area contributed by atoms with Gasteiger partial charge in [0, 0.05) is 12.6 Å². The molecule has 0 aromatic heterocycles. The number of benzene rings is 1. The van der Waals surface area contributed by atoms with Gasteiger partial charge in [0.1, 0.15) is 0 Å². The molecule has 6 heteroatoms. The average Bonchev–Trinajstić information content (AvgIpc) is 2.43. The maximum atomic E-state index is 12.4. The van der Waals surface area contributed by atoms with Crippen LogP contribution in [0.25, 0.3) is 0 Å². The number of nitrogens with zero attached hydrogens (tertiary/aromatic N) is 1. The molecule has 2 N–H and O–H groups in total. The lowest BCUT2D eigenvalue weighted by Gasteiger charge is -2.17. The zero-order chi connectivity index (χ0) is 15.9. The van der Waals surface area contributed by atoms with E-state index in [9.17, 15) is 8.42 Å². The van der Waals surface area contributed by atoms with E-state index in [0.717, 1.165) is 25.1 Å². The zero-order valence-electron chi connectivity index (χ0n) is 13.4. The van der Waals surface area contributed by atoms with E-state index in [4.69, 9.17) is 0 Å². The molecule has 0 radical (unpaired) electrons. The van der Waals surface area contributed by atoms with Gasteiger partial charge < -0.3 is 10.2 Å². The fourth-order valence-corrected chi connectivity index (χ4v) is 3.28. The maximum Gasteiger partial charge on any atom is 0.240 e. The van der Waals surface area contributed by atoms with Crippen molar-refractivity contribution in [1.29, 1.82) is 0 Å². The molecular weight excluding hydrogens is 286 g/mol. The summed E-state index contributed by atoms with van der Waals surface area (Å²) >= 11 is 0. The summed E-state index contributed by atoms with van der Waals surface area (Å²) in [5, 5.41) is 3.20. The Hall–Kier alpha value is -0.950. The first kappa shape index (κ1) is 18.1.